The maximum atomic E-state index is 12.1. The molecule has 1 aromatic rings. The fraction of sp³-hybridized carbons (Fsp3) is 0.632. The molecule has 0 bridgehead atoms. The van der Waals surface area contributed by atoms with Gasteiger partial charge in [0.2, 0.25) is 5.91 Å². The maximum absolute atomic E-state index is 12.1. The lowest BCUT2D eigenvalue weighted by molar-refractivity contribution is -0.122. The summed E-state index contributed by atoms with van der Waals surface area (Å²) in [5, 5.41) is 2.77. The van der Waals surface area contributed by atoms with Crippen molar-refractivity contribution in [2.24, 2.45) is 11.7 Å². The molecule has 0 heterocycles. The van der Waals surface area contributed by atoms with Crippen molar-refractivity contribution in [2.45, 2.75) is 59.2 Å². The average Bonchev–Trinajstić information content (AvgIpc) is 2.49. The highest BCUT2D eigenvalue weighted by molar-refractivity contribution is 7.90. The molecule has 6 nitrogen and oxygen atoms in total. The quantitative estimate of drug-likeness (QED) is 0.644. The molecule has 0 saturated heterocycles. The molecular weight excluding hydrogens is 352 g/mol. The molecule has 1 rings (SSSR count). The van der Waals surface area contributed by atoms with E-state index in [-0.39, 0.29) is 30.7 Å². The van der Waals surface area contributed by atoms with Crippen LogP contribution in [0.25, 0.3) is 0 Å². The van der Waals surface area contributed by atoms with Gasteiger partial charge in [-0.05, 0) is 44.2 Å². The monoisotopic (exact) mass is 384 g/mol. The predicted octanol–water partition coefficient (Wildman–Crippen LogP) is 2.19. The lowest BCUT2D eigenvalue weighted by Gasteiger charge is -2.20. The van der Waals surface area contributed by atoms with Gasteiger partial charge in [0.15, 0.2) is 0 Å². The molecule has 0 aliphatic rings. The molecular formula is C19H32N2O4S. The molecule has 1 aromatic carbocycles. The standard InChI is InChI=1S/C19H32N2O4S/c1-13(2)10-15(4)25-18-11-14(3)6-7-16(18)12-21-19(22)17(20)8-9-26(5,23)24/h6-7,11,13,15,17H,8-10,12,20H2,1-5H3,(H,21,22). The third-order valence-electron chi connectivity index (χ3n) is 3.94. The van der Waals surface area contributed by atoms with Crippen molar-refractivity contribution < 1.29 is 17.9 Å². The number of rotatable bonds is 10. The molecule has 0 saturated carbocycles. The van der Waals surface area contributed by atoms with E-state index in [4.69, 9.17) is 10.5 Å². The van der Waals surface area contributed by atoms with Gasteiger partial charge in [0.05, 0.1) is 17.9 Å². The SMILES string of the molecule is Cc1ccc(CNC(=O)C(N)CCS(C)(=O)=O)c(OC(C)CC(C)C)c1. The fourth-order valence-corrected chi connectivity index (χ4v) is 3.31. The number of aryl methyl sites for hydroxylation is 1. The van der Waals surface area contributed by atoms with Gasteiger partial charge in [-0.2, -0.15) is 0 Å². The Bertz CT molecular complexity index is 701. The third-order valence-corrected chi connectivity index (χ3v) is 4.92. The number of nitrogens with one attached hydrogen (secondary N) is 1. The molecule has 0 aromatic heterocycles. The summed E-state index contributed by atoms with van der Waals surface area (Å²) in [6.07, 6.45) is 2.25. The van der Waals surface area contributed by atoms with E-state index in [2.05, 4.69) is 19.2 Å². The van der Waals surface area contributed by atoms with E-state index >= 15 is 0 Å². The Kier molecular flexibility index (Phi) is 8.56. The topological polar surface area (TPSA) is 98.5 Å². The van der Waals surface area contributed by atoms with Crippen molar-refractivity contribution >= 4 is 15.7 Å². The average molecular weight is 385 g/mol. The Labute approximate surface area is 157 Å². The number of amides is 1. The van der Waals surface area contributed by atoms with Crippen LogP contribution in [0.1, 0.15) is 44.7 Å². The van der Waals surface area contributed by atoms with Gasteiger partial charge in [0, 0.05) is 18.4 Å². The fourth-order valence-electron chi connectivity index (χ4n) is 2.63. The van der Waals surface area contributed by atoms with Crippen molar-refractivity contribution in [3.8, 4) is 5.75 Å². The predicted molar refractivity (Wildman–Crippen MR) is 105 cm³/mol. The van der Waals surface area contributed by atoms with Gasteiger partial charge >= 0.3 is 0 Å². The maximum Gasteiger partial charge on any atom is 0.237 e. The van der Waals surface area contributed by atoms with Crippen LogP contribution in [0.2, 0.25) is 0 Å². The third kappa shape index (κ3) is 8.67. The van der Waals surface area contributed by atoms with E-state index in [0.29, 0.717) is 5.92 Å². The summed E-state index contributed by atoms with van der Waals surface area (Å²) in [7, 11) is -3.13. The number of sulfone groups is 1. The summed E-state index contributed by atoms with van der Waals surface area (Å²) in [6, 6.07) is 5.00. The second kappa shape index (κ2) is 9.92. The smallest absolute Gasteiger partial charge is 0.237 e. The largest absolute Gasteiger partial charge is 0.490 e. The second-order valence-electron chi connectivity index (χ2n) is 7.41. The Morgan fingerprint density at radius 1 is 1.27 bits per heavy atom. The number of hydrogen-bond acceptors (Lipinski definition) is 5. The van der Waals surface area contributed by atoms with Gasteiger partial charge in [0.25, 0.3) is 0 Å². The van der Waals surface area contributed by atoms with E-state index in [9.17, 15) is 13.2 Å². The van der Waals surface area contributed by atoms with E-state index < -0.39 is 15.9 Å². The lowest BCUT2D eigenvalue weighted by Crippen LogP contribution is -2.41. The highest BCUT2D eigenvalue weighted by atomic mass is 32.2. The van der Waals surface area contributed by atoms with E-state index in [0.717, 1.165) is 29.6 Å². The molecule has 1 amide bonds. The Hall–Kier alpha value is -1.60. The molecule has 148 valence electrons. The van der Waals surface area contributed by atoms with Crippen LogP contribution in [0.4, 0.5) is 0 Å². The van der Waals surface area contributed by atoms with Crippen molar-refractivity contribution in [3.63, 3.8) is 0 Å². The minimum atomic E-state index is -3.13. The summed E-state index contributed by atoms with van der Waals surface area (Å²) >= 11 is 0. The Morgan fingerprint density at radius 2 is 1.92 bits per heavy atom. The number of benzene rings is 1. The first kappa shape index (κ1) is 22.4. The highest BCUT2D eigenvalue weighted by Gasteiger charge is 2.17. The van der Waals surface area contributed by atoms with E-state index in [1.807, 2.05) is 32.0 Å². The Balaban J connectivity index is 2.70. The van der Waals surface area contributed by atoms with Gasteiger partial charge < -0.3 is 15.8 Å². The van der Waals surface area contributed by atoms with Crippen molar-refractivity contribution in [2.75, 3.05) is 12.0 Å². The zero-order valence-corrected chi connectivity index (χ0v) is 17.2. The van der Waals surface area contributed by atoms with Crippen LogP contribution in [0.5, 0.6) is 5.75 Å². The van der Waals surface area contributed by atoms with Gasteiger partial charge in [-0.1, -0.05) is 26.0 Å². The van der Waals surface area contributed by atoms with E-state index in [1.54, 1.807) is 0 Å². The summed E-state index contributed by atoms with van der Waals surface area (Å²) < 4.78 is 28.4. The number of nitrogens with two attached hydrogens (primary N) is 1. The zero-order valence-electron chi connectivity index (χ0n) is 16.4. The van der Waals surface area contributed by atoms with Crippen LogP contribution >= 0.6 is 0 Å². The normalized spacial score (nSPS) is 14.1. The summed E-state index contributed by atoms with van der Waals surface area (Å²) in [5.41, 5.74) is 7.73. The van der Waals surface area contributed by atoms with Crippen molar-refractivity contribution in [1.29, 1.82) is 0 Å². The summed E-state index contributed by atoms with van der Waals surface area (Å²) in [5.74, 6) is 0.817. The van der Waals surface area contributed by atoms with Gasteiger partial charge in [-0.25, -0.2) is 8.42 Å². The van der Waals surface area contributed by atoms with Crippen LogP contribution in [0.15, 0.2) is 18.2 Å². The van der Waals surface area contributed by atoms with Crippen LogP contribution in [0, 0.1) is 12.8 Å². The van der Waals surface area contributed by atoms with Crippen molar-refractivity contribution in [1.82, 2.24) is 5.32 Å². The van der Waals surface area contributed by atoms with Crippen LogP contribution in [0.3, 0.4) is 0 Å². The molecule has 26 heavy (non-hydrogen) atoms. The summed E-state index contributed by atoms with van der Waals surface area (Å²) in [4.78, 5) is 12.1. The summed E-state index contributed by atoms with van der Waals surface area (Å²) in [6.45, 7) is 8.61. The highest BCUT2D eigenvalue weighted by Crippen LogP contribution is 2.23. The minimum Gasteiger partial charge on any atom is -0.490 e. The molecule has 0 radical (unpaired) electrons. The van der Waals surface area contributed by atoms with Gasteiger partial charge in [0.1, 0.15) is 15.6 Å². The van der Waals surface area contributed by atoms with Crippen LogP contribution < -0.4 is 15.8 Å². The first-order chi connectivity index (χ1) is 12.0. The molecule has 0 spiro atoms. The molecule has 0 aliphatic carbocycles. The van der Waals surface area contributed by atoms with E-state index in [1.165, 1.54) is 0 Å². The van der Waals surface area contributed by atoms with Crippen LogP contribution in [-0.2, 0) is 21.2 Å². The molecule has 0 aliphatic heterocycles. The first-order valence-electron chi connectivity index (χ1n) is 8.95. The second-order valence-corrected chi connectivity index (χ2v) is 9.67. The zero-order chi connectivity index (χ0) is 19.9. The minimum absolute atomic E-state index is 0.0725. The molecule has 7 heteroatoms. The molecule has 3 N–H and O–H groups in total. The van der Waals surface area contributed by atoms with Gasteiger partial charge in [-0.3, -0.25) is 4.79 Å². The van der Waals surface area contributed by atoms with Gasteiger partial charge in [-0.15, -0.1) is 0 Å². The Morgan fingerprint density at radius 3 is 2.50 bits per heavy atom. The number of carbonyl (C=O) groups excluding carboxylic acids is 1. The number of hydrogen-bond donors (Lipinski definition) is 2. The van der Waals surface area contributed by atoms with Crippen molar-refractivity contribution in [3.05, 3.63) is 29.3 Å². The lowest BCUT2D eigenvalue weighted by atomic mass is 10.1. The van der Waals surface area contributed by atoms with Crippen LogP contribution in [-0.4, -0.2) is 38.5 Å². The first-order valence-corrected chi connectivity index (χ1v) is 11.0. The number of carbonyl (C=O) groups is 1. The molecule has 2 atom stereocenters. The number of ether oxygens (including phenoxy) is 1. The molecule has 2 unspecified atom stereocenters. The molecule has 0 fully saturated rings.